The Morgan fingerprint density at radius 1 is 1.21 bits per heavy atom. The Labute approximate surface area is 146 Å². The van der Waals surface area contributed by atoms with E-state index in [1.54, 1.807) is 25.6 Å². The molecule has 0 bridgehead atoms. The van der Waals surface area contributed by atoms with E-state index in [9.17, 15) is 4.79 Å². The molecule has 5 heteroatoms. The number of hydrogen-bond acceptors (Lipinski definition) is 4. The number of nitrogens with one attached hydrogen (secondary N) is 1. The van der Waals surface area contributed by atoms with Crippen molar-refractivity contribution in [1.82, 2.24) is 5.32 Å². The molecule has 1 N–H and O–H groups in total. The lowest BCUT2D eigenvalue weighted by atomic mass is 9.95. The van der Waals surface area contributed by atoms with E-state index in [0.717, 1.165) is 35.5 Å². The van der Waals surface area contributed by atoms with Crippen LogP contribution in [0.4, 0.5) is 0 Å². The van der Waals surface area contributed by atoms with Crippen molar-refractivity contribution in [2.45, 2.75) is 32.1 Å². The molecule has 0 saturated heterocycles. The fraction of sp³-hybridized carbons (Fsp3) is 0.421. The average molecular weight is 345 g/mol. The Morgan fingerprint density at radius 3 is 2.83 bits per heavy atom. The van der Waals surface area contributed by atoms with Crippen molar-refractivity contribution < 1.29 is 14.3 Å². The van der Waals surface area contributed by atoms with Gasteiger partial charge < -0.3 is 14.8 Å². The summed E-state index contributed by atoms with van der Waals surface area (Å²) in [4.78, 5) is 13.9. The Morgan fingerprint density at radius 2 is 2.04 bits per heavy atom. The molecule has 1 aromatic heterocycles. The molecule has 1 heterocycles. The molecule has 0 atom stereocenters. The maximum absolute atomic E-state index is 12.5. The van der Waals surface area contributed by atoms with E-state index >= 15 is 0 Å². The van der Waals surface area contributed by atoms with Crippen LogP contribution in [-0.4, -0.2) is 26.7 Å². The molecule has 4 nitrogen and oxygen atoms in total. The Bertz CT molecular complexity index is 723. The second kappa shape index (κ2) is 7.71. The maximum atomic E-state index is 12.5. The minimum Gasteiger partial charge on any atom is -0.497 e. The van der Waals surface area contributed by atoms with Crippen molar-refractivity contribution in [2.75, 3.05) is 20.8 Å². The largest absolute Gasteiger partial charge is 0.497 e. The van der Waals surface area contributed by atoms with Crippen LogP contribution in [0.25, 0.3) is 0 Å². The van der Waals surface area contributed by atoms with Crippen molar-refractivity contribution in [1.29, 1.82) is 0 Å². The van der Waals surface area contributed by atoms with Crippen LogP contribution in [0, 0.1) is 0 Å². The Hall–Kier alpha value is -2.01. The summed E-state index contributed by atoms with van der Waals surface area (Å²) in [6, 6.07) is 5.72. The second-order valence-corrected chi connectivity index (χ2v) is 6.91. The minimum absolute atomic E-state index is 0.0382. The number of benzene rings is 1. The zero-order valence-electron chi connectivity index (χ0n) is 14.2. The van der Waals surface area contributed by atoms with E-state index in [-0.39, 0.29) is 5.91 Å². The average Bonchev–Trinajstić information content (AvgIpc) is 3.05. The Balaban J connectivity index is 1.62. The van der Waals surface area contributed by atoms with E-state index in [4.69, 9.17) is 9.47 Å². The van der Waals surface area contributed by atoms with Crippen LogP contribution in [-0.2, 0) is 19.3 Å². The summed E-state index contributed by atoms with van der Waals surface area (Å²) in [6.45, 7) is 0.576. The third kappa shape index (κ3) is 3.56. The van der Waals surface area contributed by atoms with Gasteiger partial charge in [0.05, 0.1) is 19.8 Å². The van der Waals surface area contributed by atoms with E-state index in [2.05, 4.69) is 5.32 Å². The summed E-state index contributed by atoms with van der Waals surface area (Å²) in [6.07, 6.45) is 5.28. The first-order chi connectivity index (χ1) is 11.7. The number of thiophene rings is 1. The van der Waals surface area contributed by atoms with Crippen LogP contribution >= 0.6 is 11.3 Å². The third-order valence-corrected chi connectivity index (χ3v) is 5.56. The summed E-state index contributed by atoms with van der Waals surface area (Å²) in [5.74, 6) is 1.65. The van der Waals surface area contributed by atoms with Gasteiger partial charge in [0.1, 0.15) is 11.5 Å². The second-order valence-electron chi connectivity index (χ2n) is 5.94. The van der Waals surface area contributed by atoms with Gasteiger partial charge in [-0.2, -0.15) is 0 Å². The number of carbonyl (C=O) groups is 1. The summed E-state index contributed by atoms with van der Waals surface area (Å²) >= 11 is 1.72. The first-order valence-electron chi connectivity index (χ1n) is 8.31. The molecule has 0 radical (unpaired) electrons. The molecule has 2 aromatic rings. The van der Waals surface area contributed by atoms with Gasteiger partial charge in [0, 0.05) is 16.8 Å². The molecule has 1 aliphatic rings. The van der Waals surface area contributed by atoms with Crippen LogP contribution in [0.2, 0.25) is 0 Å². The molecule has 3 rings (SSSR count). The van der Waals surface area contributed by atoms with Crippen LogP contribution in [0.15, 0.2) is 23.6 Å². The van der Waals surface area contributed by atoms with E-state index < -0.39 is 0 Å². The van der Waals surface area contributed by atoms with Crippen LogP contribution < -0.4 is 14.8 Å². The van der Waals surface area contributed by atoms with Crippen molar-refractivity contribution in [3.8, 4) is 11.5 Å². The minimum atomic E-state index is 0.0382. The molecule has 1 aromatic carbocycles. The van der Waals surface area contributed by atoms with Crippen LogP contribution in [0.3, 0.4) is 0 Å². The highest BCUT2D eigenvalue weighted by molar-refractivity contribution is 7.10. The smallest absolute Gasteiger partial charge is 0.252 e. The number of fused-ring (bicyclic) bond motifs is 1. The van der Waals surface area contributed by atoms with Crippen LogP contribution in [0.5, 0.6) is 11.5 Å². The summed E-state index contributed by atoms with van der Waals surface area (Å²) in [7, 11) is 3.30. The molecule has 0 saturated carbocycles. The van der Waals surface area contributed by atoms with E-state index in [0.29, 0.717) is 13.0 Å². The number of aryl methyl sites for hydroxylation is 1. The topological polar surface area (TPSA) is 47.6 Å². The van der Waals surface area contributed by atoms with Gasteiger partial charge in [0.15, 0.2) is 0 Å². The van der Waals surface area contributed by atoms with Gasteiger partial charge in [-0.3, -0.25) is 4.79 Å². The van der Waals surface area contributed by atoms with Gasteiger partial charge in [-0.05, 0) is 61.4 Å². The number of ether oxygens (including phenoxy) is 2. The molecule has 0 spiro atoms. The highest BCUT2D eigenvalue weighted by atomic mass is 32.1. The predicted octanol–water partition coefficient (Wildman–Crippen LogP) is 3.62. The van der Waals surface area contributed by atoms with Crippen molar-refractivity contribution in [3.63, 3.8) is 0 Å². The predicted molar refractivity (Wildman–Crippen MR) is 96.5 cm³/mol. The lowest BCUT2D eigenvalue weighted by Gasteiger charge is -2.13. The highest BCUT2D eigenvalue weighted by Gasteiger charge is 2.19. The van der Waals surface area contributed by atoms with Crippen molar-refractivity contribution in [3.05, 3.63) is 45.1 Å². The number of rotatable bonds is 6. The van der Waals surface area contributed by atoms with Gasteiger partial charge in [-0.25, -0.2) is 0 Å². The molecule has 128 valence electrons. The Kier molecular flexibility index (Phi) is 5.41. The van der Waals surface area contributed by atoms with Crippen LogP contribution in [0.1, 0.15) is 39.2 Å². The lowest BCUT2D eigenvalue weighted by Crippen LogP contribution is -2.26. The number of hydrogen-bond donors (Lipinski definition) is 1. The van der Waals surface area contributed by atoms with Gasteiger partial charge in [-0.1, -0.05) is 0 Å². The maximum Gasteiger partial charge on any atom is 0.252 e. The monoisotopic (exact) mass is 345 g/mol. The number of amides is 1. The molecule has 0 aliphatic heterocycles. The first kappa shape index (κ1) is 16.8. The fourth-order valence-corrected chi connectivity index (χ4v) is 4.29. The van der Waals surface area contributed by atoms with Crippen molar-refractivity contribution >= 4 is 17.2 Å². The van der Waals surface area contributed by atoms with Gasteiger partial charge in [0.2, 0.25) is 0 Å². The van der Waals surface area contributed by atoms with Gasteiger partial charge >= 0.3 is 0 Å². The summed E-state index contributed by atoms with van der Waals surface area (Å²) < 4.78 is 10.6. The lowest BCUT2D eigenvalue weighted by molar-refractivity contribution is 0.0953. The van der Waals surface area contributed by atoms with Crippen molar-refractivity contribution in [2.24, 2.45) is 0 Å². The van der Waals surface area contributed by atoms with E-state index in [1.807, 2.05) is 23.6 Å². The normalized spacial score (nSPS) is 13.2. The molecule has 1 amide bonds. The molecular weight excluding hydrogens is 322 g/mol. The first-order valence-corrected chi connectivity index (χ1v) is 9.19. The number of methoxy groups -OCH3 is 2. The molecule has 24 heavy (non-hydrogen) atoms. The number of carbonyl (C=O) groups excluding carboxylic acids is 1. The SMILES string of the molecule is COc1ccc(OC)c(CCNC(=O)c2csc3c2CCCC3)c1. The zero-order chi connectivity index (χ0) is 16.9. The quantitative estimate of drug-likeness (QED) is 0.870. The standard InChI is InChI=1S/C19H23NO3S/c1-22-14-7-8-17(23-2)13(11-14)9-10-20-19(21)16-12-24-18-6-4-3-5-15(16)18/h7-8,11-12H,3-6,9-10H2,1-2H3,(H,20,21). The third-order valence-electron chi connectivity index (χ3n) is 4.47. The summed E-state index contributed by atoms with van der Waals surface area (Å²) in [5, 5.41) is 5.06. The highest BCUT2D eigenvalue weighted by Crippen LogP contribution is 2.30. The molecule has 0 unspecified atom stereocenters. The summed E-state index contributed by atoms with van der Waals surface area (Å²) in [5.41, 5.74) is 3.17. The molecular formula is C19H23NO3S. The molecule has 1 aliphatic carbocycles. The molecule has 0 fully saturated rings. The van der Waals surface area contributed by atoms with E-state index in [1.165, 1.54) is 23.3 Å². The van der Waals surface area contributed by atoms with Gasteiger partial charge in [0.25, 0.3) is 5.91 Å². The fourth-order valence-electron chi connectivity index (χ4n) is 3.17. The zero-order valence-corrected chi connectivity index (χ0v) is 15.0. The van der Waals surface area contributed by atoms with Gasteiger partial charge in [-0.15, -0.1) is 11.3 Å².